The molecule has 0 aromatic carbocycles. The van der Waals surface area contributed by atoms with Crippen LogP contribution in [-0.2, 0) is 0 Å². The van der Waals surface area contributed by atoms with Crippen LogP contribution >= 0.6 is 0 Å². The molecule has 1 saturated heterocycles. The van der Waals surface area contributed by atoms with E-state index < -0.39 is 0 Å². The topological polar surface area (TPSA) is 50.1 Å². The van der Waals surface area contributed by atoms with Crippen molar-refractivity contribution in [2.75, 3.05) is 19.6 Å². The maximum atomic E-state index is 5.84. The van der Waals surface area contributed by atoms with Crippen LogP contribution in [0.25, 0.3) is 0 Å². The predicted octanol–water partition coefficient (Wildman–Crippen LogP) is -0.325. The monoisotopic (exact) mass is 157 g/mol. The van der Waals surface area contributed by atoms with E-state index in [4.69, 9.17) is 5.73 Å². The maximum absolute atomic E-state index is 5.84. The molecule has 0 saturated carbocycles. The Kier molecular flexibility index (Phi) is 3.83. The van der Waals surface area contributed by atoms with Crippen LogP contribution in [0.2, 0.25) is 0 Å². The molecule has 3 nitrogen and oxygen atoms in total. The van der Waals surface area contributed by atoms with Crippen LogP contribution in [0.3, 0.4) is 0 Å². The van der Waals surface area contributed by atoms with Gasteiger partial charge >= 0.3 is 0 Å². The molecular weight excluding hydrogens is 138 g/mol. The minimum atomic E-state index is 0.368. The molecule has 0 aliphatic carbocycles. The summed E-state index contributed by atoms with van der Waals surface area (Å²) in [5, 5.41) is 6.79. The summed E-state index contributed by atoms with van der Waals surface area (Å²) in [5.74, 6) is 0. The second-order valence-electron chi connectivity index (χ2n) is 3.26. The van der Waals surface area contributed by atoms with Gasteiger partial charge in [-0.2, -0.15) is 0 Å². The molecule has 0 spiro atoms. The molecule has 0 bridgehead atoms. The zero-order valence-corrected chi connectivity index (χ0v) is 7.27. The second-order valence-corrected chi connectivity index (χ2v) is 3.26. The molecule has 2 unspecified atom stereocenters. The molecule has 0 amide bonds. The summed E-state index contributed by atoms with van der Waals surface area (Å²) < 4.78 is 0. The van der Waals surface area contributed by atoms with Crippen LogP contribution in [0.1, 0.15) is 19.8 Å². The number of hydrogen-bond acceptors (Lipinski definition) is 3. The van der Waals surface area contributed by atoms with Crippen molar-refractivity contribution in [1.29, 1.82) is 0 Å². The lowest BCUT2D eigenvalue weighted by molar-refractivity contribution is 0.372. The molecule has 1 fully saturated rings. The molecule has 0 aromatic heterocycles. The lowest BCUT2D eigenvalue weighted by Crippen LogP contribution is -2.50. The Hall–Kier alpha value is -0.120. The largest absolute Gasteiger partial charge is 0.328 e. The van der Waals surface area contributed by atoms with Crippen LogP contribution in [0.4, 0.5) is 0 Å². The van der Waals surface area contributed by atoms with E-state index in [2.05, 4.69) is 17.6 Å². The lowest BCUT2D eigenvalue weighted by Gasteiger charge is -2.26. The molecule has 1 rings (SSSR count). The van der Waals surface area contributed by atoms with E-state index in [-0.39, 0.29) is 0 Å². The highest BCUT2D eigenvalue weighted by atomic mass is 15.1. The standard InChI is InChI=1S/C8H19N3/c1-2-7(9)5-8-6-10-3-4-11-8/h7-8,10-11H,2-6,9H2,1H3. The smallest absolute Gasteiger partial charge is 0.0207 e. The molecule has 2 atom stereocenters. The van der Waals surface area contributed by atoms with Crippen molar-refractivity contribution in [3.8, 4) is 0 Å². The molecule has 0 aromatic rings. The van der Waals surface area contributed by atoms with E-state index in [9.17, 15) is 0 Å². The van der Waals surface area contributed by atoms with Crippen molar-refractivity contribution in [1.82, 2.24) is 10.6 Å². The molecule has 1 heterocycles. The maximum Gasteiger partial charge on any atom is 0.0207 e. The van der Waals surface area contributed by atoms with Gasteiger partial charge in [-0.1, -0.05) is 6.92 Å². The van der Waals surface area contributed by atoms with Crippen molar-refractivity contribution in [2.45, 2.75) is 31.8 Å². The summed E-state index contributed by atoms with van der Waals surface area (Å²) in [4.78, 5) is 0. The minimum Gasteiger partial charge on any atom is -0.328 e. The first-order valence-electron chi connectivity index (χ1n) is 4.52. The van der Waals surface area contributed by atoms with E-state index in [1.807, 2.05) is 0 Å². The molecule has 66 valence electrons. The second kappa shape index (κ2) is 4.70. The van der Waals surface area contributed by atoms with Gasteiger partial charge in [-0.25, -0.2) is 0 Å². The minimum absolute atomic E-state index is 0.368. The van der Waals surface area contributed by atoms with Gasteiger partial charge in [0.25, 0.3) is 0 Å². The zero-order valence-electron chi connectivity index (χ0n) is 7.27. The quantitative estimate of drug-likeness (QED) is 0.526. The summed E-state index contributed by atoms with van der Waals surface area (Å²) in [6.07, 6.45) is 2.18. The Balaban J connectivity index is 2.13. The van der Waals surface area contributed by atoms with E-state index in [1.165, 1.54) is 0 Å². The fourth-order valence-corrected chi connectivity index (χ4v) is 1.41. The van der Waals surface area contributed by atoms with Crippen LogP contribution in [0.5, 0.6) is 0 Å². The molecule has 0 radical (unpaired) electrons. The van der Waals surface area contributed by atoms with E-state index in [1.54, 1.807) is 0 Å². The fraction of sp³-hybridized carbons (Fsp3) is 1.00. The fourth-order valence-electron chi connectivity index (χ4n) is 1.41. The van der Waals surface area contributed by atoms with Crippen molar-refractivity contribution in [3.05, 3.63) is 0 Å². The Labute approximate surface area is 68.7 Å². The zero-order chi connectivity index (χ0) is 8.10. The van der Waals surface area contributed by atoms with Crippen molar-refractivity contribution >= 4 is 0 Å². The van der Waals surface area contributed by atoms with Gasteiger partial charge in [0.05, 0.1) is 0 Å². The van der Waals surface area contributed by atoms with Crippen molar-refractivity contribution in [2.24, 2.45) is 5.73 Å². The highest BCUT2D eigenvalue weighted by Gasteiger charge is 2.13. The Morgan fingerprint density at radius 1 is 1.55 bits per heavy atom. The highest BCUT2D eigenvalue weighted by molar-refractivity contribution is 4.78. The summed E-state index contributed by atoms with van der Waals surface area (Å²) in [5.41, 5.74) is 5.84. The first-order valence-corrected chi connectivity index (χ1v) is 4.52. The van der Waals surface area contributed by atoms with Crippen molar-refractivity contribution in [3.63, 3.8) is 0 Å². The van der Waals surface area contributed by atoms with E-state index >= 15 is 0 Å². The number of hydrogen-bond donors (Lipinski definition) is 3. The molecule has 3 heteroatoms. The molecular formula is C8H19N3. The summed E-state index contributed by atoms with van der Waals surface area (Å²) >= 11 is 0. The Bertz CT molecular complexity index is 99.5. The summed E-state index contributed by atoms with van der Waals surface area (Å²) in [6.45, 7) is 5.40. The molecule has 1 aliphatic rings. The SMILES string of the molecule is CCC(N)CC1CNCCN1. The average molecular weight is 157 g/mol. The Morgan fingerprint density at radius 2 is 2.36 bits per heavy atom. The normalized spacial score (nSPS) is 28.4. The first-order chi connectivity index (χ1) is 5.33. The number of piperazine rings is 1. The van der Waals surface area contributed by atoms with Gasteiger partial charge in [0, 0.05) is 31.7 Å². The summed E-state index contributed by atoms with van der Waals surface area (Å²) in [6, 6.07) is 0.964. The van der Waals surface area contributed by atoms with Gasteiger partial charge in [-0.05, 0) is 12.8 Å². The van der Waals surface area contributed by atoms with Crippen LogP contribution < -0.4 is 16.4 Å². The molecule has 1 aliphatic heterocycles. The number of nitrogens with two attached hydrogens (primary N) is 1. The van der Waals surface area contributed by atoms with Gasteiger partial charge in [0.1, 0.15) is 0 Å². The van der Waals surface area contributed by atoms with Gasteiger partial charge in [0.15, 0.2) is 0 Å². The van der Waals surface area contributed by atoms with E-state index in [0.717, 1.165) is 32.5 Å². The third kappa shape index (κ3) is 3.18. The van der Waals surface area contributed by atoms with Gasteiger partial charge in [-0.3, -0.25) is 0 Å². The number of rotatable bonds is 3. The number of nitrogens with one attached hydrogen (secondary N) is 2. The predicted molar refractivity (Wildman–Crippen MR) is 47.5 cm³/mol. The average Bonchev–Trinajstić information content (AvgIpc) is 2.06. The Morgan fingerprint density at radius 3 is 2.91 bits per heavy atom. The lowest BCUT2D eigenvalue weighted by atomic mass is 10.0. The summed E-state index contributed by atoms with van der Waals surface area (Å²) in [7, 11) is 0. The van der Waals surface area contributed by atoms with Gasteiger partial charge in [0.2, 0.25) is 0 Å². The molecule has 11 heavy (non-hydrogen) atoms. The third-order valence-corrected chi connectivity index (χ3v) is 2.24. The first kappa shape index (κ1) is 8.97. The van der Waals surface area contributed by atoms with Gasteiger partial charge in [-0.15, -0.1) is 0 Å². The van der Waals surface area contributed by atoms with Gasteiger partial charge < -0.3 is 16.4 Å². The third-order valence-electron chi connectivity index (χ3n) is 2.24. The van der Waals surface area contributed by atoms with Crippen LogP contribution in [0.15, 0.2) is 0 Å². The highest BCUT2D eigenvalue weighted by Crippen LogP contribution is 2.00. The van der Waals surface area contributed by atoms with E-state index in [0.29, 0.717) is 12.1 Å². The van der Waals surface area contributed by atoms with Crippen molar-refractivity contribution < 1.29 is 0 Å². The van der Waals surface area contributed by atoms with Crippen LogP contribution in [-0.4, -0.2) is 31.7 Å². The van der Waals surface area contributed by atoms with Crippen LogP contribution in [0, 0.1) is 0 Å². The molecule has 4 N–H and O–H groups in total.